The van der Waals surface area contributed by atoms with Crippen molar-refractivity contribution in [2.75, 3.05) is 6.61 Å². The summed E-state index contributed by atoms with van der Waals surface area (Å²) in [6.45, 7) is 8.40. The first-order valence-electron chi connectivity index (χ1n) is 8.23. The zero-order valence-electron chi connectivity index (χ0n) is 12.8. The minimum atomic E-state index is -0.0706. The van der Waals surface area contributed by atoms with Crippen LogP contribution in [0.5, 0.6) is 0 Å². The van der Waals surface area contributed by atoms with Crippen LogP contribution in [0.1, 0.15) is 65.7 Å². The molecule has 0 aromatic rings. The molecule has 0 aromatic heterocycles. The molecule has 2 nitrogen and oxygen atoms in total. The van der Waals surface area contributed by atoms with Gasteiger partial charge in [0.1, 0.15) is 0 Å². The highest BCUT2D eigenvalue weighted by Crippen LogP contribution is 2.68. The Kier molecular flexibility index (Phi) is 3.46. The van der Waals surface area contributed by atoms with Crippen molar-refractivity contribution in [3.05, 3.63) is 0 Å². The predicted octanol–water partition coefficient (Wildman–Crippen LogP) is 3.77. The summed E-state index contributed by atoms with van der Waals surface area (Å²) < 4.78 is 6.22. The highest BCUT2D eigenvalue weighted by atomic mass is 16.5. The number of rotatable bonds is 3. The number of hydrogen-bond acceptors (Lipinski definition) is 2. The first-order valence-corrected chi connectivity index (χ1v) is 8.23. The molecule has 0 amide bonds. The molecule has 19 heavy (non-hydrogen) atoms. The molecule has 3 atom stereocenters. The van der Waals surface area contributed by atoms with Crippen LogP contribution >= 0.6 is 0 Å². The number of ether oxygens (including phenoxy) is 1. The smallest absolute Gasteiger partial charge is 0.0577 e. The van der Waals surface area contributed by atoms with Crippen LogP contribution in [-0.4, -0.2) is 23.9 Å². The summed E-state index contributed by atoms with van der Waals surface area (Å²) in [5.74, 6) is 1.67. The van der Waals surface area contributed by atoms with Gasteiger partial charge < -0.3 is 9.84 Å². The van der Waals surface area contributed by atoms with E-state index in [4.69, 9.17) is 4.74 Å². The van der Waals surface area contributed by atoms with Gasteiger partial charge in [-0.2, -0.15) is 0 Å². The highest BCUT2D eigenvalue weighted by Gasteiger charge is 2.61. The minimum Gasteiger partial charge on any atom is -0.393 e. The second-order valence-corrected chi connectivity index (χ2v) is 8.07. The van der Waals surface area contributed by atoms with E-state index in [1.807, 2.05) is 0 Å². The number of fused-ring (bicyclic) bond motifs is 2. The van der Waals surface area contributed by atoms with E-state index in [0.717, 1.165) is 44.1 Å². The molecule has 3 fully saturated rings. The Hall–Kier alpha value is -0.0800. The van der Waals surface area contributed by atoms with Gasteiger partial charge in [0.2, 0.25) is 0 Å². The zero-order chi connectivity index (χ0) is 13.7. The topological polar surface area (TPSA) is 29.5 Å². The summed E-state index contributed by atoms with van der Waals surface area (Å²) in [7, 11) is 0. The van der Waals surface area contributed by atoms with E-state index < -0.39 is 0 Å². The molecule has 0 radical (unpaired) electrons. The summed E-state index contributed by atoms with van der Waals surface area (Å²) >= 11 is 0. The van der Waals surface area contributed by atoms with Crippen molar-refractivity contribution in [2.24, 2.45) is 22.7 Å². The lowest BCUT2D eigenvalue weighted by Gasteiger charge is -2.40. The normalized spacial score (nSPS) is 48.6. The molecular formula is C17H30O2. The summed E-state index contributed by atoms with van der Waals surface area (Å²) in [6.07, 6.45) is 8.50. The molecule has 0 aliphatic heterocycles. The van der Waals surface area contributed by atoms with Crippen molar-refractivity contribution in [1.82, 2.24) is 0 Å². The van der Waals surface area contributed by atoms with Crippen molar-refractivity contribution < 1.29 is 9.84 Å². The van der Waals surface area contributed by atoms with Gasteiger partial charge in [-0.25, -0.2) is 0 Å². The first-order chi connectivity index (χ1) is 8.93. The SMILES string of the molecule is CC1(C)[C@H]2CC[C@]1(C)[C@@H](COC1CCC(O)CC1)C2. The van der Waals surface area contributed by atoms with Gasteiger partial charge in [0.25, 0.3) is 0 Å². The van der Waals surface area contributed by atoms with E-state index in [9.17, 15) is 5.11 Å². The van der Waals surface area contributed by atoms with Crippen LogP contribution < -0.4 is 0 Å². The van der Waals surface area contributed by atoms with Crippen LogP contribution in [-0.2, 0) is 4.74 Å². The molecule has 0 spiro atoms. The van der Waals surface area contributed by atoms with E-state index in [1.165, 1.54) is 19.3 Å². The van der Waals surface area contributed by atoms with Gasteiger partial charge in [-0.05, 0) is 67.6 Å². The molecule has 2 bridgehead atoms. The fourth-order valence-electron chi connectivity index (χ4n) is 5.09. The Labute approximate surface area is 117 Å². The van der Waals surface area contributed by atoms with E-state index in [-0.39, 0.29) is 6.10 Å². The van der Waals surface area contributed by atoms with Crippen LogP contribution in [0.3, 0.4) is 0 Å². The van der Waals surface area contributed by atoms with Crippen molar-refractivity contribution >= 4 is 0 Å². The molecular weight excluding hydrogens is 236 g/mol. The minimum absolute atomic E-state index is 0.0706. The van der Waals surface area contributed by atoms with Crippen molar-refractivity contribution in [1.29, 1.82) is 0 Å². The molecule has 3 aliphatic carbocycles. The Morgan fingerprint density at radius 2 is 1.74 bits per heavy atom. The van der Waals surface area contributed by atoms with Gasteiger partial charge in [0, 0.05) is 0 Å². The van der Waals surface area contributed by atoms with Gasteiger partial charge in [-0.1, -0.05) is 20.8 Å². The summed E-state index contributed by atoms with van der Waals surface area (Å²) in [5, 5.41) is 9.55. The number of aliphatic hydroxyl groups excluding tert-OH is 1. The van der Waals surface area contributed by atoms with Crippen molar-refractivity contribution in [2.45, 2.75) is 77.9 Å². The van der Waals surface area contributed by atoms with Gasteiger partial charge >= 0.3 is 0 Å². The van der Waals surface area contributed by atoms with Crippen LogP contribution in [0.15, 0.2) is 0 Å². The van der Waals surface area contributed by atoms with Crippen LogP contribution in [0.2, 0.25) is 0 Å². The van der Waals surface area contributed by atoms with Crippen LogP contribution in [0, 0.1) is 22.7 Å². The molecule has 0 heterocycles. The van der Waals surface area contributed by atoms with E-state index in [2.05, 4.69) is 20.8 Å². The van der Waals surface area contributed by atoms with Crippen molar-refractivity contribution in [3.8, 4) is 0 Å². The quantitative estimate of drug-likeness (QED) is 0.842. The maximum absolute atomic E-state index is 9.55. The molecule has 1 N–H and O–H groups in total. The molecule has 110 valence electrons. The maximum Gasteiger partial charge on any atom is 0.0577 e. The summed E-state index contributed by atoms with van der Waals surface area (Å²) in [5.41, 5.74) is 0.996. The standard InChI is InChI=1S/C17H30O2/c1-16(2)12-8-9-17(16,3)13(10-12)11-19-15-6-4-14(18)5-7-15/h12-15,18H,4-11H2,1-3H3/t12-,13+,14?,15?,17+/m0/s1. The Morgan fingerprint density at radius 1 is 1.05 bits per heavy atom. The molecule has 3 aliphatic rings. The third-order valence-electron chi connectivity index (χ3n) is 7.15. The summed E-state index contributed by atoms with van der Waals surface area (Å²) in [6, 6.07) is 0. The largest absolute Gasteiger partial charge is 0.393 e. The molecule has 0 aromatic carbocycles. The lowest BCUT2D eigenvalue weighted by atomic mass is 9.67. The lowest BCUT2D eigenvalue weighted by molar-refractivity contribution is -0.0436. The fraction of sp³-hybridized carbons (Fsp3) is 1.00. The maximum atomic E-state index is 9.55. The molecule has 3 rings (SSSR count). The average molecular weight is 266 g/mol. The molecule has 3 saturated carbocycles. The predicted molar refractivity (Wildman–Crippen MR) is 76.9 cm³/mol. The summed E-state index contributed by atoms with van der Waals surface area (Å²) in [4.78, 5) is 0. The van der Waals surface area contributed by atoms with E-state index in [0.29, 0.717) is 16.9 Å². The first kappa shape index (κ1) is 13.9. The third-order valence-corrected chi connectivity index (χ3v) is 7.15. The van der Waals surface area contributed by atoms with Gasteiger partial charge in [-0.3, -0.25) is 0 Å². The van der Waals surface area contributed by atoms with E-state index in [1.54, 1.807) is 0 Å². The van der Waals surface area contributed by atoms with E-state index >= 15 is 0 Å². The second kappa shape index (κ2) is 4.73. The van der Waals surface area contributed by atoms with Crippen LogP contribution in [0.25, 0.3) is 0 Å². The molecule has 0 unspecified atom stereocenters. The Bertz CT molecular complexity index is 330. The average Bonchev–Trinajstić information content (AvgIpc) is 2.71. The number of hydrogen-bond donors (Lipinski definition) is 1. The monoisotopic (exact) mass is 266 g/mol. The highest BCUT2D eigenvalue weighted by molar-refractivity contribution is 5.09. The van der Waals surface area contributed by atoms with Crippen LogP contribution in [0.4, 0.5) is 0 Å². The molecule has 2 heteroatoms. The van der Waals surface area contributed by atoms with Gasteiger partial charge in [-0.15, -0.1) is 0 Å². The van der Waals surface area contributed by atoms with Gasteiger partial charge in [0.05, 0.1) is 18.8 Å². The lowest BCUT2D eigenvalue weighted by Crippen LogP contribution is -2.35. The fourth-order valence-corrected chi connectivity index (χ4v) is 5.09. The Balaban J connectivity index is 1.55. The van der Waals surface area contributed by atoms with Crippen molar-refractivity contribution in [3.63, 3.8) is 0 Å². The Morgan fingerprint density at radius 3 is 2.26 bits per heavy atom. The van der Waals surface area contributed by atoms with Gasteiger partial charge in [0.15, 0.2) is 0 Å². The second-order valence-electron chi connectivity index (χ2n) is 8.07. The third kappa shape index (κ3) is 2.15. The molecule has 0 saturated heterocycles. The number of aliphatic hydroxyl groups is 1. The zero-order valence-corrected chi connectivity index (χ0v) is 12.8.